The van der Waals surface area contributed by atoms with Gasteiger partial charge in [-0.05, 0) is 50.9 Å². The van der Waals surface area contributed by atoms with Crippen molar-refractivity contribution in [3.05, 3.63) is 0 Å². The molecule has 0 radical (unpaired) electrons. The van der Waals surface area contributed by atoms with Gasteiger partial charge in [-0.2, -0.15) is 0 Å². The molecule has 2 N–H and O–H groups in total. The predicted octanol–water partition coefficient (Wildman–Crippen LogP) is 3.01. The number of hydrogen-bond donors (Lipinski definition) is 2. The van der Waals surface area contributed by atoms with E-state index in [2.05, 4.69) is 34.5 Å². The number of halogens is 1. The van der Waals surface area contributed by atoms with Crippen LogP contribution in [-0.2, 0) is 9.53 Å². The molecule has 1 aliphatic carbocycles. The molecule has 0 aromatic rings. The van der Waals surface area contributed by atoms with E-state index in [9.17, 15) is 4.79 Å². The summed E-state index contributed by atoms with van der Waals surface area (Å²) in [6.07, 6.45) is 9.23. The van der Waals surface area contributed by atoms with Gasteiger partial charge in [0, 0.05) is 46.3 Å². The largest absolute Gasteiger partial charge is 0.381 e. The monoisotopic (exact) mass is 494 g/mol. The van der Waals surface area contributed by atoms with Crippen LogP contribution in [0.5, 0.6) is 0 Å². The topological polar surface area (TPSA) is 66.0 Å². The molecule has 2 fully saturated rings. The van der Waals surface area contributed by atoms with E-state index in [1.165, 1.54) is 44.9 Å². The summed E-state index contributed by atoms with van der Waals surface area (Å²) in [7, 11) is 2.10. The van der Waals surface area contributed by atoms with Crippen molar-refractivity contribution in [1.82, 2.24) is 15.5 Å². The Kier molecular flexibility index (Phi) is 13.1. The van der Waals surface area contributed by atoms with Gasteiger partial charge in [-0.25, -0.2) is 0 Å². The van der Waals surface area contributed by atoms with Crippen LogP contribution < -0.4 is 10.6 Å². The fourth-order valence-corrected chi connectivity index (χ4v) is 3.89. The summed E-state index contributed by atoms with van der Waals surface area (Å²) < 4.78 is 5.43. The lowest BCUT2D eigenvalue weighted by Gasteiger charge is -2.26. The number of aliphatic imine (C=N–C) groups is 1. The van der Waals surface area contributed by atoms with Crippen LogP contribution in [0, 0.1) is 11.8 Å². The first-order valence-corrected chi connectivity index (χ1v) is 10.5. The van der Waals surface area contributed by atoms with Crippen LogP contribution in [0.4, 0.5) is 0 Å². The second-order valence-electron chi connectivity index (χ2n) is 7.71. The van der Waals surface area contributed by atoms with E-state index in [0.717, 1.165) is 38.2 Å². The van der Waals surface area contributed by atoms with Crippen molar-refractivity contribution < 1.29 is 9.53 Å². The average molecular weight is 494 g/mol. The standard InChI is InChI=1S/C20H38N4O2.HI/c1-3-21-20(24(2)13-8-17-9-14-26-15-10-17)23-12-11-22-19(25)16-18-6-4-5-7-18;/h17-18H,3-16H2,1-2H3,(H,21,23)(H,22,25);1H. The molecule has 27 heavy (non-hydrogen) atoms. The molecular weight excluding hydrogens is 455 g/mol. The Morgan fingerprint density at radius 1 is 1.11 bits per heavy atom. The normalized spacial score (nSPS) is 18.8. The minimum absolute atomic E-state index is 0. The number of nitrogens with one attached hydrogen (secondary N) is 2. The smallest absolute Gasteiger partial charge is 0.220 e. The maximum absolute atomic E-state index is 12.0. The lowest BCUT2D eigenvalue weighted by Crippen LogP contribution is -2.40. The van der Waals surface area contributed by atoms with Gasteiger partial charge in [0.05, 0.1) is 6.54 Å². The molecular formula is C20H39IN4O2. The van der Waals surface area contributed by atoms with E-state index < -0.39 is 0 Å². The Hall–Kier alpha value is -0.570. The van der Waals surface area contributed by atoms with Gasteiger partial charge in [-0.15, -0.1) is 24.0 Å². The van der Waals surface area contributed by atoms with Crippen molar-refractivity contribution in [2.75, 3.05) is 46.4 Å². The molecule has 1 amide bonds. The Morgan fingerprint density at radius 3 is 2.48 bits per heavy atom. The Balaban J connectivity index is 0.00000364. The summed E-state index contributed by atoms with van der Waals surface area (Å²) in [6.45, 7) is 7.00. The molecule has 158 valence electrons. The molecule has 0 spiro atoms. The van der Waals surface area contributed by atoms with Gasteiger partial charge in [-0.3, -0.25) is 9.79 Å². The van der Waals surface area contributed by atoms with E-state index >= 15 is 0 Å². The van der Waals surface area contributed by atoms with E-state index in [0.29, 0.717) is 25.4 Å². The molecule has 7 heteroatoms. The van der Waals surface area contributed by atoms with Gasteiger partial charge in [-0.1, -0.05) is 12.8 Å². The molecule has 0 bridgehead atoms. The summed E-state index contributed by atoms with van der Waals surface area (Å²) in [5, 5.41) is 6.38. The number of carbonyl (C=O) groups excluding carboxylic acids is 1. The van der Waals surface area contributed by atoms with Crippen molar-refractivity contribution >= 4 is 35.8 Å². The quantitative estimate of drug-likeness (QED) is 0.224. The number of carbonyl (C=O) groups is 1. The van der Waals surface area contributed by atoms with E-state index in [4.69, 9.17) is 4.74 Å². The average Bonchev–Trinajstić information content (AvgIpc) is 3.16. The second-order valence-corrected chi connectivity index (χ2v) is 7.71. The molecule has 0 unspecified atom stereocenters. The SMILES string of the molecule is CCNC(=NCCNC(=O)CC1CCCC1)N(C)CCC1CCOCC1.I. The van der Waals surface area contributed by atoms with Crippen LogP contribution >= 0.6 is 24.0 Å². The van der Waals surface area contributed by atoms with Crippen molar-refractivity contribution in [3.63, 3.8) is 0 Å². The Morgan fingerprint density at radius 2 is 1.81 bits per heavy atom. The number of amides is 1. The summed E-state index contributed by atoms with van der Waals surface area (Å²) >= 11 is 0. The summed E-state index contributed by atoms with van der Waals surface area (Å²) in [5.41, 5.74) is 0. The van der Waals surface area contributed by atoms with Crippen molar-refractivity contribution in [2.45, 2.75) is 58.3 Å². The third kappa shape index (κ3) is 9.96. The fraction of sp³-hybridized carbons (Fsp3) is 0.900. The number of guanidine groups is 1. The third-order valence-electron chi connectivity index (χ3n) is 5.55. The molecule has 1 heterocycles. The van der Waals surface area contributed by atoms with Crippen LogP contribution in [0.1, 0.15) is 58.3 Å². The molecule has 1 saturated heterocycles. The zero-order valence-electron chi connectivity index (χ0n) is 17.2. The minimum atomic E-state index is 0. The second kappa shape index (κ2) is 14.4. The highest BCUT2D eigenvalue weighted by atomic mass is 127. The van der Waals surface area contributed by atoms with Crippen LogP contribution in [0.2, 0.25) is 0 Å². The first-order valence-electron chi connectivity index (χ1n) is 10.5. The fourth-order valence-electron chi connectivity index (χ4n) is 3.89. The van der Waals surface area contributed by atoms with Crippen molar-refractivity contribution in [1.29, 1.82) is 0 Å². The molecule has 6 nitrogen and oxygen atoms in total. The number of hydrogen-bond acceptors (Lipinski definition) is 3. The molecule has 2 aliphatic rings. The summed E-state index contributed by atoms with van der Waals surface area (Å²) in [6, 6.07) is 0. The number of nitrogens with zero attached hydrogens (tertiary/aromatic N) is 2. The van der Waals surface area contributed by atoms with Gasteiger partial charge in [0.25, 0.3) is 0 Å². The highest BCUT2D eigenvalue weighted by Crippen LogP contribution is 2.27. The molecule has 2 rings (SSSR count). The maximum Gasteiger partial charge on any atom is 0.220 e. The van der Waals surface area contributed by atoms with E-state index in [1.54, 1.807) is 0 Å². The summed E-state index contributed by atoms with van der Waals surface area (Å²) in [4.78, 5) is 18.9. The predicted molar refractivity (Wildman–Crippen MR) is 122 cm³/mol. The van der Waals surface area contributed by atoms with Crippen LogP contribution in [-0.4, -0.2) is 63.2 Å². The van der Waals surface area contributed by atoms with Gasteiger partial charge >= 0.3 is 0 Å². The van der Waals surface area contributed by atoms with Crippen LogP contribution in [0.25, 0.3) is 0 Å². The van der Waals surface area contributed by atoms with Crippen molar-refractivity contribution in [3.8, 4) is 0 Å². The van der Waals surface area contributed by atoms with Crippen LogP contribution in [0.3, 0.4) is 0 Å². The molecule has 1 saturated carbocycles. The zero-order chi connectivity index (χ0) is 18.6. The van der Waals surface area contributed by atoms with Gasteiger partial charge in [0.1, 0.15) is 0 Å². The zero-order valence-corrected chi connectivity index (χ0v) is 19.5. The Bertz CT molecular complexity index is 436. The van der Waals surface area contributed by atoms with Crippen molar-refractivity contribution in [2.24, 2.45) is 16.8 Å². The van der Waals surface area contributed by atoms with E-state index in [-0.39, 0.29) is 29.9 Å². The lowest BCUT2D eigenvalue weighted by molar-refractivity contribution is -0.121. The molecule has 0 aromatic heterocycles. The minimum Gasteiger partial charge on any atom is -0.381 e. The molecule has 1 aliphatic heterocycles. The number of ether oxygens (including phenoxy) is 1. The van der Waals surface area contributed by atoms with Gasteiger partial charge in [0.15, 0.2) is 5.96 Å². The Labute approximate surface area is 182 Å². The first kappa shape index (κ1) is 24.5. The number of rotatable bonds is 9. The highest BCUT2D eigenvalue weighted by Gasteiger charge is 2.18. The maximum atomic E-state index is 12.0. The molecule has 0 aromatic carbocycles. The lowest BCUT2D eigenvalue weighted by atomic mass is 9.96. The van der Waals surface area contributed by atoms with Crippen LogP contribution in [0.15, 0.2) is 4.99 Å². The summed E-state index contributed by atoms with van der Waals surface area (Å²) in [5.74, 6) is 2.49. The third-order valence-corrected chi connectivity index (χ3v) is 5.55. The van der Waals surface area contributed by atoms with Gasteiger partial charge in [0.2, 0.25) is 5.91 Å². The van der Waals surface area contributed by atoms with E-state index in [1.807, 2.05) is 0 Å². The highest BCUT2D eigenvalue weighted by molar-refractivity contribution is 14.0. The van der Waals surface area contributed by atoms with Gasteiger partial charge < -0.3 is 20.3 Å². The molecule has 0 atom stereocenters. The first-order chi connectivity index (χ1) is 12.7.